The summed E-state index contributed by atoms with van der Waals surface area (Å²) in [6.07, 6.45) is 1.13. The second-order valence-electron chi connectivity index (χ2n) is 5.61. The molecule has 0 unspecified atom stereocenters. The Morgan fingerprint density at radius 2 is 1.79 bits per heavy atom. The van der Waals surface area contributed by atoms with E-state index in [9.17, 15) is 28.7 Å². The van der Waals surface area contributed by atoms with Gasteiger partial charge in [0.2, 0.25) is 0 Å². The van der Waals surface area contributed by atoms with Crippen molar-refractivity contribution in [1.82, 2.24) is 5.32 Å². The third-order valence-electron chi connectivity index (χ3n) is 3.76. The molecule has 0 atom stereocenters. The van der Waals surface area contributed by atoms with E-state index in [0.29, 0.717) is 4.90 Å². The quantitative estimate of drug-likeness (QED) is 0.598. The Kier molecular flexibility index (Phi) is 5.16. The summed E-state index contributed by atoms with van der Waals surface area (Å²) in [6.45, 7) is -0.736. The van der Waals surface area contributed by atoms with Gasteiger partial charge in [0.05, 0.1) is 11.7 Å². The van der Waals surface area contributed by atoms with Crippen LogP contribution in [0.4, 0.5) is 14.9 Å². The van der Waals surface area contributed by atoms with Crippen molar-refractivity contribution in [3.63, 3.8) is 0 Å². The molecule has 1 heterocycles. The number of benzene rings is 2. The number of amides is 4. The molecule has 8 nitrogen and oxygen atoms in total. The topological polar surface area (TPSA) is 116 Å². The minimum Gasteiger partial charge on any atom is -0.546 e. The lowest BCUT2D eigenvalue weighted by atomic mass is 10.1. The van der Waals surface area contributed by atoms with Gasteiger partial charge in [-0.05, 0) is 24.3 Å². The molecule has 9 heteroatoms. The van der Waals surface area contributed by atoms with E-state index >= 15 is 0 Å². The van der Waals surface area contributed by atoms with Gasteiger partial charge in [-0.25, -0.2) is 14.1 Å². The molecule has 2 aromatic rings. The molecule has 0 saturated carbocycles. The predicted molar refractivity (Wildman–Crippen MR) is 92.3 cm³/mol. The number of carbonyl (C=O) groups excluding carboxylic acids is 4. The molecule has 0 spiro atoms. The van der Waals surface area contributed by atoms with Crippen LogP contribution in [0.3, 0.4) is 0 Å². The molecule has 1 saturated heterocycles. The first-order valence-corrected chi connectivity index (χ1v) is 7.96. The first-order chi connectivity index (χ1) is 13.4. The maximum Gasteiger partial charge on any atom is 0.336 e. The van der Waals surface area contributed by atoms with Gasteiger partial charge < -0.3 is 14.6 Å². The number of hydrogen-bond donors (Lipinski definition) is 1. The zero-order chi connectivity index (χ0) is 20.3. The number of carbonyl (C=O) groups is 4. The van der Waals surface area contributed by atoms with Crippen molar-refractivity contribution in [1.29, 1.82) is 0 Å². The molecule has 1 aliphatic heterocycles. The van der Waals surface area contributed by atoms with Crippen molar-refractivity contribution in [3.8, 4) is 5.75 Å². The predicted octanol–water partition coefficient (Wildman–Crippen LogP) is 0.621. The minimum absolute atomic E-state index is 0.0779. The molecule has 2 aromatic carbocycles. The highest BCUT2D eigenvalue weighted by atomic mass is 19.1. The Labute approximate surface area is 157 Å². The molecule has 0 aromatic heterocycles. The zero-order valence-corrected chi connectivity index (χ0v) is 14.2. The number of halogens is 1. The molecule has 142 valence electrons. The SMILES string of the molecule is O=C([O-])COc1ccccc1/C=C1\C(=O)NC(=O)N(c2ccccc2F)C1=O. The van der Waals surface area contributed by atoms with Gasteiger partial charge in [0.1, 0.15) is 23.7 Å². The third kappa shape index (κ3) is 3.73. The number of nitrogens with zero attached hydrogens (tertiary/aromatic N) is 1. The highest BCUT2D eigenvalue weighted by molar-refractivity contribution is 6.39. The maximum atomic E-state index is 14.1. The Morgan fingerprint density at radius 1 is 1.11 bits per heavy atom. The fourth-order valence-corrected chi connectivity index (χ4v) is 2.53. The standard InChI is InChI=1S/C19H13FN2O6/c20-13-6-2-3-7-14(13)22-18(26)12(17(25)21-19(22)27)9-11-5-1-4-8-15(11)28-10-16(23)24/h1-9H,10H2,(H,23,24)(H,21,25,27)/p-1/b12-9+. The Bertz CT molecular complexity index is 1020. The molecule has 1 N–H and O–H groups in total. The van der Waals surface area contributed by atoms with Crippen molar-refractivity contribution in [2.24, 2.45) is 0 Å². The molecule has 0 bridgehead atoms. The van der Waals surface area contributed by atoms with E-state index in [0.717, 1.165) is 12.1 Å². The highest BCUT2D eigenvalue weighted by Crippen LogP contribution is 2.26. The van der Waals surface area contributed by atoms with Crippen LogP contribution in [0, 0.1) is 5.82 Å². The maximum absolute atomic E-state index is 14.1. The van der Waals surface area contributed by atoms with Gasteiger partial charge in [-0.1, -0.05) is 30.3 Å². The van der Waals surface area contributed by atoms with Crippen LogP contribution in [0.2, 0.25) is 0 Å². The minimum atomic E-state index is -1.45. The van der Waals surface area contributed by atoms with Crippen LogP contribution < -0.4 is 20.1 Å². The number of hydrogen-bond acceptors (Lipinski definition) is 6. The van der Waals surface area contributed by atoms with Gasteiger partial charge in [-0.15, -0.1) is 0 Å². The van der Waals surface area contributed by atoms with Crippen molar-refractivity contribution < 1.29 is 33.4 Å². The summed E-state index contributed by atoms with van der Waals surface area (Å²) in [6, 6.07) is 10.1. The van der Waals surface area contributed by atoms with Crippen LogP contribution in [0.15, 0.2) is 54.1 Å². The molecule has 1 aliphatic rings. The lowest BCUT2D eigenvalue weighted by Gasteiger charge is -2.26. The monoisotopic (exact) mass is 383 g/mol. The first-order valence-electron chi connectivity index (χ1n) is 7.96. The fourth-order valence-electron chi connectivity index (χ4n) is 2.53. The Morgan fingerprint density at radius 3 is 2.50 bits per heavy atom. The highest BCUT2D eigenvalue weighted by Gasteiger charge is 2.38. The summed E-state index contributed by atoms with van der Waals surface area (Å²) in [5.74, 6) is -4.21. The van der Waals surface area contributed by atoms with E-state index in [1.165, 1.54) is 30.3 Å². The number of imide groups is 2. The summed E-state index contributed by atoms with van der Waals surface area (Å²) < 4.78 is 19.1. The first kappa shape index (κ1) is 18.8. The van der Waals surface area contributed by atoms with Crippen LogP contribution in [-0.4, -0.2) is 30.4 Å². The number of ether oxygens (including phenoxy) is 1. The molecular weight excluding hydrogens is 371 g/mol. The van der Waals surface area contributed by atoms with Crippen LogP contribution in [0.5, 0.6) is 5.75 Å². The fraction of sp³-hybridized carbons (Fsp3) is 0.0526. The number of para-hydroxylation sites is 2. The van der Waals surface area contributed by atoms with Gasteiger partial charge in [0.15, 0.2) is 0 Å². The molecule has 1 fully saturated rings. The lowest BCUT2D eigenvalue weighted by molar-refractivity contribution is -0.307. The van der Waals surface area contributed by atoms with Gasteiger partial charge in [0.25, 0.3) is 11.8 Å². The number of carboxylic acid groups (broad SMARTS) is 1. The smallest absolute Gasteiger partial charge is 0.336 e. The summed E-state index contributed by atoms with van der Waals surface area (Å²) in [5, 5.41) is 12.6. The van der Waals surface area contributed by atoms with E-state index in [1.807, 2.05) is 5.32 Å². The molecular formula is C19H12FN2O6-. The lowest BCUT2D eigenvalue weighted by Crippen LogP contribution is -2.54. The van der Waals surface area contributed by atoms with E-state index in [4.69, 9.17) is 4.74 Å². The number of rotatable bonds is 5. The average Bonchev–Trinajstić information content (AvgIpc) is 2.65. The Balaban J connectivity index is 2.01. The van der Waals surface area contributed by atoms with Crippen LogP contribution in [-0.2, 0) is 14.4 Å². The zero-order valence-electron chi connectivity index (χ0n) is 14.2. The van der Waals surface area contributed by atoms with Gasteiger partial charge >= 0.3 is 6.03 Å². The van der Waals surface area contributed by atoms with E-state index in [-0.39, 0.29) is 17.0 Å². The summed E-state index contributed by atoms with van der Waals surface area (Å²) >= 11 is 0. The van der Waals surface area contributed by atoms with E-state index < -0.39 is 41.8 Å². The Hall–Kier alpha value is -4.01. The van der Waals surface area contributed by atoms with Gasteiger partial charge in [0, 0.05) is 5.56 Å². The summed E-state index contributed by atoms with van der Waals surface area (Å²) in [4.78, 5) is 48.1. The van der Waals surface area contributed by atoms with Crippen LogP contribution in [0.25, 0.3) is 6.08 Å². The molecule has 28 heavy (non-hydrogen) atoms. The number of nitrogens with one attached hydrogen (secondary N) is 1. The normalized spacial score (nSPS) is 15.5. The molecule has 3 rings (SSSR count). The van der Waals surface area contributed by atoms with E-state index in [2.05, 4.69) is 0 Å². The number of carboxylic acids is 1. The summed E-state index contributed by atoms with van der Waals surface area (Å²) in [7, 11) is 0. The van der Waals surface area contributed by atoms with Crippen molar-refractivity contribution in [2.75, 3.05) is 11.5 Å². The third-order valence-corrected chi connectivity index (χ3v) is 3.76. The number of aliphatic carboxylic acids is 1. The average molecular weight is 383 g/mol. The van der Waals surface area contributed by atoms with Gasteiger partial charge in [-0.2, -0.15) is 0 Å². The van der Waals surface area contributed by atoms with Crippen molar-refractivity contribution >= 4 is 35.6 Å². The number of barbiturate groups is 1. The molecule has 0 aliphatic carbocycles. The van der Waals surface area contributed by atoms with Crippen molar-refractivity contribution in [2.45, 2.75) is 0 Å². The van der Waals surface area contributed by atoms with Crippen molar-refractivity contribution in [3.05, 3.63) is 65.5 Å². The molecule has 4 amide bonds. The van der Waals surface area contributed by atoms with E-state index in [1.54, 1.807) is 12.1 Å². The van der Waals surface area contributed by atoms with Crippen LogP contribution >= 0.6 is 0 Å². The summed E-state index contributed by atoms with van der Waals surface area (Å²) in [5.41, 5.74) is -0.553. The number of urea groups is 1. The van der Waals surface area contributed by atoms with Crippen LogP contribution in [0.1, 0.15) is 5.56 Å². The largest absolute Gasteiger partial charge is 0.546 e. The molecule has 0 radical (unpaired) electrons. The second-order valence-corrected chi connectivity index (χ2v) is 5.61. The second kappa shape index (κ2) is 7.70. The number of anilines is 1. The van der Waals surface area contributed by atoms with Gasteiger partial charge in [-0.3, -0.25) is 14.9 Å².